The molecule has 0 spiro atoms. The van der Waals surface area contributed by atoms with Gasteiger partial charge in [0.2, 0.25) is 5.82 Å². The molecule has 1 aromatic heterocycles. The van der Waals surface area contributed by atoms with E-state index in [1.165, 1.54) is 23.4 Å². The van der Waals surface area contributed by atoms with Gasteiger partial charge in [0.15, 0.2) is 5.16 Å². The van der Waals surface area contributed by atoms with Crippen LogP contribution < -0.4 is 20.3 Å². The lowest BCUT2D eigenvalue weighted by Gasteiger charge is -2.10. The van der Waals surface area contributed by atoms with Crippen LogP contribution >= 0.6 is 23.4 Å². The Balaban J connectivity index is 1.73. The molecule has 28 heavy (non-hydrogen) atoms. The van der Waals surface area contributed by atoms with Gasteiger partial charge in [0, 0.05) is 18.5 Å². The van der Waals surface area contributed by atoms with Crippen molar-refractivity contribution < 1.29 is 9.47 Å². The maximum absolute atomic E-state index is 12.6. The van der Waals surface area contributed by atoms with Gasteiger partial charge in [-0.25, -0.2) is 0 Å². The highest BCUT2D eigenvalue weighted by molar-refractivity contribution is 7.98. The van der Waals surface area contributed by atoms with E-state index in [1.807, 2.05) is 24.3 Å². The fourth-order valence-electron chi connectivity index (χ4n) is 2.40. The minimum Gasteiger partial charge on any atom is -0.497 e. The highest BCUT2D eigenvalue weighted by Crippen LogP contribution is 2.28. The van der Waals surface area contributed by atoms with Crippen molar-refractivity contribution in [3.63, 3.8) is 0 Å². The van der Waals surface area contributed by atoms with Crippen molar-refractivity contribution in [1.29, 1.82) is 0 Å². The lowest BCUT2D eigenvalue weighted by molar-refractivity contribution is 0.414. The third kappa shape index (κ3) is 4.58. The number of methoxy groups -OCH3 is 2. The van der Waals surface area contributed by atoms with Crippen LogP contribution in [0.15, 0.2) is 52.4 Å². The van der Waals surface area contributed by atoms with E-state index < -0.39 is 0 Å². The van der Waals surface area contributed by atoms with E-state index in [0.717, 1.165) is 11.3 Å². The summed E-state index contributed by atoms with van der Waals surface area (Å²) in [5.41, 5.74) is 1.44. The monoisotopic (exact) mass is 418 g/mol. The number of thioether (sulfide) groups is 1. The van der Waals surface area contributed by atoms with Gasteiger partial charge in [-0.05, 0) is 35.9 Å². The Morgan fingerprint density at radius 1 is 1.11 bits per heavy atom. The van der Waals surface area contributed by atoms with Crippen molar-refractivity contribution in [1.82, 2.24) is 14.8 Å². The van der Waals surface area contributed by atoms with Gasteiger partial charge in [0.1, 0.15) is 11.5 Å². The Labute approximate surface area is 171 Å². The first-order chi connectivity index (χ1) is 13.5. The topological polar surface area (TPSA) is 78.3 Å². The number of anilines is 2. The number of aromatic nitrogens is 3. The van der Waals surface area contributed by atoms with Crippen molar-refractivity contribution in [3.05, 3.63) is 63.4 Å². The first-order valence-corrected chi connectivity index (χ1v) is 9.68. The summed E-state index contributed by atoms with van der Waals surface area (Å²) in [4.78, 5) is 12.6. The predicted octanol–water partition coefficient (Wildman–Crippen LogP) is 3.88. The lowest BCUT2D eigenvalue weighted by Crippen LogP contribution is -2.24. The Morgan fingerprint density at radius 2 is 1.86 bits per heavy atom. The van der Waals surface area contributed by atoms with Gasteiger partial charge in [-0.3, -0.25) is 9.36 Å². The first kappa shape index (κ1) is 20.0. The maximum atomic E-state index is 12.6. The molecule has 0 aliphatic heterocycles. The molecular formula is C19H19ClN4O3S. The molecule has 0 bridgehead atoms. The Hall–Kier alpha value is -2.71. The van der Waals surface area contributed by atoms with Crippen LogP contribution in [0, 0.1) is 0 Å². The molecule has 0 saturated carbocycles. The van der Waals surface area contributed by atoms with Gasteiger partial charge in [0.25, 0.3) is 5.56 Å². The van der Waals surface area contributed by atoms with E-state index in [2.05, 4.69) is 15.5 Å². The molecule has 7 nitrogen and oxygen atoms in total. The normalized spacial score (nSPS) is 10.6. The number of hydrogen-bond acceptors (Lipinski definition) is 7. The van der Waals surface area contributed by atoms with Gasteiger partial charge >= 0.3 is 0 Å². The number of ether oxygens (including phenoxy) is 2. The van der Waals surface area contributed by atoms with Gasteiger partial charge in [0.05, 0.1) is 19.2 Å². The molecule has 1 N–H and O–H groups in total. The number of halogens is 1. The summed E-state index contributed by atoms with van der Waals surface area (Å²) in [6.45, 7) is 0. The molecule has 9 heteroatoms. The largest absolute Gasteiger partial charge is 0.497 e. The SMILES string of the molecule is COc1ccc(CSc2nnc(Nc3ccc(OC)c(Cl)c3)c(=O)n2C)cc1. The van der Waals surface area contributed by atoms with E-state index in [4.69, 9.17) is 21.1 Å². The minimum atomic E-state index is -0.279. The van der Waals surface area contributed by atoms with Crippen molar-refractivity contribution in [2.45, 2.75) is 10.9 Å². The second-order valence-electron chi connectivity index (χ2n) is 5.81. The van der Waals surface area contributed by atoms with Crippen LogP contribution in [-0.2, 0) is 12.8 Å². The van der Waals surface area contributed by atoms with Crippen LogP contribution in [0.25, 0.3) is 0 Å². The van der Waals surface area contributed by atoms with Crippen LogP contribution in [0.1, 0.15) is 5.56 Å². The zero-order valence-electron chi connectivity index (χ0n) is 15.6. The first-order valence-electron chi connectivity index (χ1n) is 8.32. The van der Waals surface area contributed by atoms with E-state index in [9.17, 15) is 4.79 Å². The highest BCUT2D eigenvalue weighted by Gasteiger charge is 2.11. The minimum absolute atomic E-state index is 0.123. The van der Waals surface area contributed by atoms with Crippen LogP contribution in [-0.4, -0.2) is 29.0 Å². The summed E-state index contributed by atoms with van der Waals surface area (Å²) in [6, 6.07) is 12.9. The zero-order chi connectivity index (χ0) is 20.1. The van der Waals surface area contributed by atoms with E-state index >= 15 is 0 Å². The van der Waals surface area contributed by atoms with Crippen LogP contribution in [0.3, 0.4) is 0 Å². The van der Waals surface area contributed by atoms with Gasteiger partial charge in [-0.2, -0.15) is 0 Å². The molecule has 0 aliphatic rings. The summed E-state index contributed by atoms with van der Waals surface area (Å²) < 4.78 is 11.7. The fraction of sp³-hybridized carbons (Fsp3) is 0.211. The molecule has 0 fully saturated rings. The van der Waals surface area contributed by atoms with Crippen LogP contribution in [0.2, 0.25) is 5.02 Å². The quantitative estimate of drug-likeness (QED) is 0.583. The predicted molar refractivity (Wildman–Crippen MR) is 111 cm³/mol. The zero-order valence-corrected chi connectivity index (χ0v) is 17.2. The van der Waals surface area contributed by atoms with Gasteiger partial charge in [-0.1, -0.05) is 35.5 Å². The number of nitrogens with zero attached hydrogens (tertiary/aromatic N) is 3. The standard InChI is InChI=1S/C19H19ClN4O3S/c1-24-18(25)17(21-13-6-9-16(27-3)15(20)10-13)22-23-19(24)28-11-12-4-7-14(26-2)8-5-12/h4-10H,11H2,1-3H3,(H,21,22). The third-order valence-corrected chi connectivity index (χ3v) is 5.36. The number of rotatable bonds is 7. The lowest BCUT2D eigenvalue weighted by atomic mass is 10.2. The maximum Gasteiger partial charge on any atom is 0.297 e. The number of benzene rings is 2. The number of hydrogen-bond donors (Lipinski definition) is 1. The molecule has 0 amide bonds. The summed E-state index contributed by atoms with van der Waals surface area (Å²) in [5.74, 6) is 2.14. The average Bonchev–Trinajstić information content (AvgIpc) is 2.71. The fourth-order valence-corrected chi connectivity index (χ4v) is 3.52. The molecule has 146 valence electrons. The molecule has 0 saturated heterocycles. The Bertz CT molecular complexity index is 1020. The summed E-state index contributed by atoms with van der Waals surface area (Å²) in [6.07, 6.45) is 0. The second kappa shape index (κ2) is 8.99. The molecule has 1 heterocycles. The van der Waals surface area contributed by atoms with Gasteiger partial charge in [-0.15, -0.1) is 10.2 Å². The van der Waals surface area contributed by atoms with E-state index in [-0.39, 0.29) is 11.4 Å². The van der Waals surface area contributed by atoms with Crippen molar-refractivity contribution >= 4 is 34.9 Å². The molecule has 0 atom stereocenters. The molecule has 3 aromatic rings. The van der Waals surface area contributed by atoms with Crippen molar-refractivity contribution in [3.8, 4) is 11.5 Å². The Morgan fingerprint density at radius 3 is 2.50 bits per heavy atom. The Kier molecular flexibility index (Phi) is 6.43. The van der Waals surface area contributed by atoms with E-state index in [1.54, 1.807) is 32.4 Å². The molecular weight excluding hydrogens is 400 g/mol. The molecule has 0 unspecified atom stereocenters. The van der Waals surface area contributed by atoms with Crippen molar-refractivity contribution in [2.24, 2.45) is 7.05 Å². The molecule has 0 aliphatic carbocycles. The number of nitrogens with one attached hydrogen (secondary N) is 1. The summed E-state index contributed by atoms with van der Waals surface area (Å²) in [7, 11) is 4.84. The summed E-state index contributed by atoms with van der Waals surface area (Å²) in [5, 5.41) is 12.1. The van der Waals surface area contributed by atoms with Crippen molar-refractivity contribution in [2.75, 3.05) is 19.5 Å². The van der Waals surface area contributed by atoms with Gasteiger partial charge < -0.3 is 14.8 Å². The second-order valence-corrected chi connectivity index (χ2v) is 7.16. The van der Waals surface area contributed by atoms with Crippen LogP contribution in [0.5, 0.6) is 11.5 Å². The molecule has 0 radical (unpaired) electrons. The average molecular weight is 419 g/mol. The van der Waals surface area contributed by atoms with Crippen LogP contribution in [0.4, 0.5) is 11.5 Å². The summed E-state index contributed by atoms with van der Waals surface area (Å²) >= 11 is 7.55. The molecule has 3 rings (SSSR count). The third-order valence-electron chi connectivity index (χ3n) is 3.97. The molecule has 2 aromatic carbocycles. The smallest absolute Gasteiger partial charge is 0.297 e. The highest BCUT2D eigenvalue weighted by atomic mass is 35.5. The van der Waals surface area contributed by atoms with E-state index in [0.29, 0.717) is 27.4 Å².